The van der Waals surface area contributed by atoms with Gasteiger partial charge in [-0.15, -0.1) is 0 Å². The number of benzene rings is 1. The molecule has 0 amide bonds. The molecule has 32 heavy (non-hydrogen) atoms. The molecule has 0 spiro atoms. The molecule has 11 heteroatoms. The van der Waals surface area contributed by atoms with Crippen molar-refractivity contribution in [2.24, 2.45) is 0 Å². The lowest BCUT2D eigenvalue weighted by Gasteiger charge is -2.19. The van der Waals surface area contributed by atoms with Crippen molar-refractivity contribution in [2.45, 2.75) is 5.03 Å². The Kier molecular flexibility index (Phi) is 4.74. The smallest absolute Gasteiger partial charge is 0.217 e. The van der Waals surface area contributed by atoms with Crippen molar-refractivity contribution >= 4 is 9.84 Å². The zero-order valence-electron chi connectivity index (χ0n) is 16.8. The number of pyridine rings is 1. The average molecular weight is 451 g/mol. The van der Waals surface area contributed by atoms with E-state index in [9.17, 15) is 13.2 Å². The van der Waals surface area contributed by atoms with Crippen LogP contribution in [0.1, 0.15) is 0 Å². The molecule has 10 nitrogen and oxygen atoms in total. The van der Waals surface area contributed by atoms with Gasteiger partial charge in [0, 0.05) is 30.3 Å². The summed E-state index contributed by atoms with van der Waals surface area (Å²) >= 11 is 0. The third kappa shape index (κ3) is 3.52. The second-order valence-electron chi connectivity index (χ2n) is 7.09. The van der Waals surface area contributed by atoms with E-state index < -0.39 is 9.84 Å². The topological polar surface area (TPSA) is 129 Å². The number of fused-ring (bicyclic) bond motifs is 1. The van der Waals surface area contributed by atoms with Gasteiger partial charge in [0.15, 0.2) is 32.1 Å². The average Bonchev–Trinajstić information content (AvgIpc) is 3.28. The second-order valence-corrected chi connectivity index (χ2v) is 9.05. The Morgan fingerprint density at radius 1 is 1.03 bits per heavy atom. The summed E-state index contributed by atoms with van der Waals surface area (Å²) < 4.78 is 36.5. The van der Waals surface area contributed by atoms with E-state index in [4.69, 9.17) is 9.47 Å². The highest BCUT2D eigenvalue weighted by Gasteiger charge is 2.19. The number of nitrogens with zero attached hydrogens (tertiary/aromatic N) is 4. The maximum absolute atomic E-state index is 13.3. The Labute approximate surface area is 182 Å². The van der Waals surface area contributed by atoms with Gasteiger partial charge in [-0.05, 0) is 35.9 Å². The number of H-pyrrole nitrogens is 1. The molecule has 0 aliphatic carbocycles. The van der Waals surface area contributed by atoms with Crippen molar-refractivity contribution in [1.82, 2.24) is 25.0 Å². The maximum Gasteiger partial charge on any atom is 0.217 e. The summed E-state index contributed by atoms with van der Waals surface area (Å²) in [5.74, 6) is 1.24. The lowest BCUT2D eigenvalue weighted by Crippen LogP contribution is -2.16. The Hall–Kier alpha value is -3.99. The molecular weight excluding hydrogens is 434 g/mol. The largest absolute Gasteiger partial charge is 0.486 e. The molecular formula is C21H17N5O5S. The van der Waals surface area contributed by atoms with Crippen LogP contribution in [0.2, 0.25) is 0 Å². The van der Waals surface area contributed by atoms with Crippen LogP contribution in [0.25, 0.3) is 28.2 Å². The van der Waals surface area contributed by atoms with Gasteiger partial charge in [0.1, 0.15) is 13.2 Å². The van der Waals surface area contributed by atoms with E-state index in [2.05, 4.69) is 20.3 Å². The summed E-state index contributed by atoms with van der Waals surface area (Å²) in [6, 6.07) is 9.98. The van der Waals surface area contributed by atoms with Crippen LogP contribution in [0, 0.1) is 0 Å². The molecule has 3 aromatic heterocycles. The molecule has 4 heterocycles. The minimum absolute atomic E-state index is 0.117. The summed E-state index contributed by atoms with van der Waals surface area (Å²) in [6.45, 7) is 0.939. The predicted octanol–water partition coefficient (Wildman–Crippen LogP) is 1.86. The molecule has 0 saturated carbocycles. The Balaban J connectivity index is 1.61. The lowest BCUT2D eigenvalue weighted by molar-refractivity contribution is 0.171. The van der Waals surface area contributed by atoms with Gasteiger partial charge in [0.2, 0.25) is 5.43 Å². The molecule has 0 saturated heterocycles. The highest BCUT2D eigenvalue weighted by atomic mass is 32.2. The van der Waals surface area contributed by atoms with Crippen LogP contribution >= 0.6 is 0 Å². The number of nitrogens with one attached hydrogen (secondary N) is 1. The number of sulfone groups is 1. The molecule has 0 bridgehead atoms. The molecule has 5 rings (SSSR count). The minimum atomic E-state index is -3.53. The predicted molar refractivity (Wildman–Crippen MR) is 115 cm³/mol. The summed E-state index contributed by atoms with van der Waals surface area (Å²) in [4.78, 5) is 17.2. The molecule has 1 aliphatic rings. The van der Waals surface area contributed by atoms with Crippen molar-refractivity contribution in [3.8, 4) is 39.7 Å². The van der Waals surface area contributed by atoms with Crippen LogP contribution in [0.15, 0.2) is 64.8 Å². The third-order valence-electron chi connectivity index (χ3n) is 4.93. The molecule has 0 atom stereocenters. The normalized spacial score (nSPS) is 13.2. The van der Waals surface area contributed by atoms with Gasteiger partial charge in [-0.25, -0.2) is 18.1 Å². The zero-order valence-corrected chi connectivity index (χ0v) is 17.7. The number of rotatable bonds is 4. The lowest BCUT2D eigenvalue weighted by atomic mass is 10.1. The first kappa shape index (κ1) is 19.9. The van der Waals surface area contributed by atoms with E-state index in [-0.39, 0.29) is 21.7 Å². The first-order chi connectivity index (χ1) is 15.4. The number of hydrogen-bond donors (Lipinski definition) is 1. The van der Waals surface area contributed by atoms with Crippen LogP contribution in [0.3, 0.4) is 0 Å². The maximum atomic E-state index is 13.3. The SMILES string of the molecule is CS(=O)(=O)c1cc(-c2c[nH]nc(-c3ccnn3-c3ccc4c(c3)OCCO4)c2=O)ccn1. The number of ether oxygens (including phenoxy) is 2. The Bertz CT molecular complexity index is 1490. The Morgan fingerprint density at radius 2 is 1.84 bits per heavy atom. The van der Waals surface area contributed by atoms with Crippen LogP contribution in [-0.2, 0) is 9.84 Å². The van der Waals surface area contributed by atoms with Crippen LogP contribution in [0.5, 0.6) is 11.5 Å². The fourth-order valence-corrected chi connectivity index (χ4v) is 4.02. The molecule has 162 valence electrons. The first-order valence-corrected chi connectivity index (χ1v) is 11.5. The molecule has 0 radical (unpaired) electrons. The van der Waals surface area contributed by atoms with E-state index in [1.807, 2.05) is 6.07 Å². The monoisotopic (exact) mass is 451 g/mol. The van der Waals surface area contributed by atoms with Gasteiger partial charge in [-0.3, -0.25) is 9.89 Å². The van der Waals surface area contributed by atoms with Crippen molar-refractivity contribution in [2.75, 3.05) is 19.5 Å². The summed E-state index contributed by atoms with van der Waals surface area (Å²) in [6.07, 6.45) is 5.41. The summed E-state index contributed by atoms with van der Waals surface area (Å²) in [7, 11) is -3.53. The molecule has 4 aromatic rings. The van der Waals surface area contributed by atoms with Gasteiger partial charge < -0.3 is 9.47 Å². The van der Waals surface area contributed by atoms with Gasteiger partial charge in [0.05, 0.1) is 17.6 Å². The number of hydrogen-bond acceptors (Lipinski definition) is 8. The number of aromatic amines is 1. The minimum Gasteiger partial charge on any atom is -0.486 e. The highest BCUT2D eigenvalue weighted by molar-refractivity contribution is 7.90. The highest BCUT2D eigenvalue weighted by Crippen LogP contribution is 2.33. The quantitative estimate of drug-likeness (QED) is 0.498. The van der Waals surface area contributed by atoms with Crippen LogP contribution in [-0.4, -0.2) is 52.8 Å². The van der Waals surface area contributed by atoms with Gasteiger partial charge in [-0.2, -0.15) is 10.2 Å². The fraction of sp³-hybridized carbons (Fsp3) is 0.143. The molecule has 1 N–H and O–H groups in total. The van der Waals surface area contributed by atoms with Crippen molar-refractivity contribution in [3.05, 3.63) is 65.2 Å². The van der Waals surface area contributed by atoms with E-state index >= 15 is 0 Å². The zero-order chi connectivity index (χ0) is 22.3. The second kappa shape index (κ2) is 7.61. The van der Waals surface area contributed by atoms with E-state index in [1.54, 1.807) is 35.1 Å². The van der Waals surface area contributed by atoms with Gasteiger partial charge >= 0.3 is 0 Å². The Morgan fingerprint density at radius 3 is 2.66 bits per heavy atom. The van der Waals surface area contributed by atoms with Gasteiger partial charge in [-0.1, -0.05) is 0 Å². The van der Waals surface area contributed by atoms with Crippen molar-refractivity contribution < 1.29 is 17.9 Å². The standard InChI is InChI=1S/C21H17N5O5S/c1-32(28,29)19-10-13(4-6-22-19)15-12-23-25-20(21(15)27)16-5-7-24-26(16)14-2-3-17-18(11-14)31-9-8-30-17/h2-7,10-12H,8-9H2,1H3,(H,23,27). The van der Waals surface area contributed by atoms with E-state index in [1.165, 1.54) is 18.5 Å². The first-order valence-electron chi connectivity index (χ1n) is 9.61. The fourth-order valence-electron chi connectivity index (χ4n) is 3.43. The number of aromatic nitrogens is 5. The summed E-state index contributed by atoms with van der Waals surface area (Å²) in [5, 5.41) is 11.1. The van der Waals surface area contributed by atoms with E-state index in [0.717, 1.165) is 6.26 Å². The van der Waals surface area contributed by atoms with Crippen molar-refractivity contribution in [3.63, 3.8) is 0 Å². The summed E-state index contributed by atoms with van der Waals surface area (Å²) in [5.41, 5.74) is 1.56. The van der Waals surface area contributed by atoms with Crippen LogP contribution < -0.4 is 14.9 Å². The van der Waals surface area contributed by atoms with Crippen LogP contribution in [0.4, 0.5) is 0 Å². The molecule has 0 fully saturated rings. The van der Waals surface area contributed by atoms with E-state index in [0.29, 0.717) is 41.7 Å². The van der Waals surface area contributed by atoms with Gasteiger partial charge in [0.25, 0.3) is 0 Å². The van der Waals surface area contributed by atoms with Crippen molar-refractivity contribution in [1.29, 1.82) is 0 Å². The molecule has 1 aromatic carbocycles. The third-order valence-corrected chi connectivity index (χ3v) is 5.91. The molecule has 0 unspecified atom stereocenters. The molecule has 1 aliphatic heterocycles.